The summed E-state index contributed by atoms with van der Waals surface area (Å²) in [6.07, 6.45) is -9.33. The van der Waals surface area contributed by atoms with E-state index in [9.17, 15) is 31.4 Å². The fraction of sp³-hybridized carbons (Fsp3) is 0.154. The van der Waals surface area contributed by atoms with E-state index in [0.29, 0.717) is 4.52 Å². The molecular formula is C13H6F6N4O. The van der Waals surface area contributed by atoms with Crippen LogP contribution in [0, 0.1) is 0 Å². The van der Waals surface area contributed by atoms with E-state index in [1.54, 1.807) is 0 Å². The van der Waals surface area contributed by atoms with E-state index in [-0.39, 0.29) is 16.9 Å². The van der Waals surface area contributed by atoms with Gasteiger partial charge >= 0.3 is 18.4 Å². The van der Waals surface area contributed by atoms with Gasteiger partial charge in [-0.3, -0.25) is 0 Å². The first kappa shape index (κ1) is 16.0. The van der Waals surface area contributed by atoms with Crippen LogP contribution < -0.4 is 0 Å². The zero-order valence-corrected chi connectivity index (χ0v) is 11.4. The summed E-state index contributed by atoms with van der Waals surface area (Å²) in [6.45, 7) is 0. The van der Waals surface area contributed by atoms with Crippen molar-refractivity contribution in [2.45, 2.75) is 12.4 Å². The van der Waals surface area contributed by atoms with Crippen LogP contribution in [0.5, 0.6) is 6.01 Å². The molecule has 24 heavy (non-hydrogen) atoms. The molecule has 1 N–H and O–H groups in total. The third-order valence-corrected chi connectivity index (χ3v) is 3.07. The molecule has 0 atom stereocenters. The van der Waals surface area contributed by atoms with Gasteiger partial charge in [0.15, 0.2) is 5.65 Å². The molecule has 0 saturated heterocycles. The molecule has 3 aromatic rings. The quantitative estimate of drug-likeness (QED) is 0.684. The summed E-state index contributed by atoms with van der Waals surface area (Å²) in [4.78, 5) is 6.86. The number of benzene rings is 1. The Morgan fingerprint density at radius 3 is 2.04 bits per heavy atom. The Kier molecular flexibility index (Phi) is 3.39. The molecule has 0 amide bonds. The molecule has 0 aliphatic rings. The van der Waals surface area contributed by atoms with Crippen LogP contribution in [0.1, 0.15) is 11.4 Å². The summed E-state index contributed by atoms with van der Waals surface area (Å²) in [6, 6.07) is 3.96. The number of aromatic nitrogens is 4. The van der Waals surface area contributed by atoms with Crippen LogP contribution in [0.2, 0.25) is 0 Å². The van der Waals surface area contributed by atoms with Crippen LogP contribution in [0.4, 0.5) is 26.3 Å². The average Bonchev–Trinajstić information content (AvgIpc) is 2.91. The van der Waals surface area contributed by atoms with Crippen molar-refractivity contribution in [2.24, 2.45) is 0 Å². The maximum absolute atomic E-state index is 12.6. The summed E-state index contributed by atoms with van der Waals surface area (Å²) in [5.41, 5.74) is -1.12. The van der Waals surface area contributed by atoms with Crippen molar-refractivity contribution in [1.82, 2.24) is 19.6 Å². The van der Waals surface area contributed by atoms with Gasteiger partial charge in [0.25, 0.3) is 5.82 Å². The van der Waals surface area contributed by atoms with E-state index in [4.69, 9.17) is 0 Å². The van der Waals surface area contributed by atoms with Gasteiger partial charge in [-0.25, -0.2) is 4.98 Å². The molecule has 0 fully saturated rings. The summed E-state index contributed by atoms with van der Waals surface area (Å²) in [5.74, 6) is -1.47. The van der Waals surface area contributed by atoms with Crippen molar-refractivity contribution in [3.63, 3.8) is 0 Å². The van der Waals surface area contributed by atoms with E-state index < -0.39 is 29.8 Å². The van der Waals surface area contributed by atoms with Crippen LogP contribution in [-0.2, 0) is 12.4 Å². The van der Waals surface area contributed by atoms with Crippen LogP contribution in [-0.4, -0.2) is 24.7 Å². The van der Waals surface area contributed by atoms with Crippen LogP contribution >= 0.6 is 0 Å². The zero-order chi connectivity index (χ0) is 17.7. The second kappa shape index (κ2) is 5.08. The molecular weight excluding hydrogens is 342 g/mol. The number of rotatable bonds is 1. The minimum absolute atomic E-state index is 0.0464. The van der Waals surface area contributed by atoms with Crippen LogP contribution in [0.3, 0.4) is 0 Å². The zero-order valence-electron chi connectivity index (χ0n) is 11.4. The molecule has 11 heteroatoms. The number of hydrogen-bond donors (Lipinski definition) is 1. The molecule has 126 valence electrons. The summed E-state index contributed by atoms with van der Waals surface area (Å²) >= 11 is 0. The Morgan fingerprint density at radius 2 is 1.50 bits per heavy atom. The van der Waals surface area contributed by atoms with Gasteiger partial charge in [-0.1, -0.05) is 12.1 Å². The van der Waals surface area contributed by atoms with Crippen molar-refractivity contribution >= 4 is 5.65 Å². The number of halogens is 6. The topological polar surface area (TPSA) is 63.3 Å². The van der Waals surface area contributed by atoms with Crippen LogP contribution in [0.15, 0.2) is 30.3 Å². The highest BCUT2D eigenvalue weighted by Gasteiger charge is 2.36. The first-order valence-electron chi connectivity index (χ1n) is 6.27. The molecule has 0 radical (unpaired) electrons. The Labute approximate surface area is 129 Å². The van der Waals surface area contributed by atoms with E-state index in [1.807, 2.05) is 0 Å². The molecule has 0 aliphatic heterocycles. The molecule has 0 bridgehead atoms. The highest BCUT2D eigenvalue weighted by molar-refractivity contribution is 5.64. The standard InChI is InChI=1S/C13H6F6N4O/c14-12(15,16)7-3-1-6(2-4-7)8-5-9-21-10(13(17,18)19)22-23(9)11(24)20-8/h1-5H,(H,20,24). The SMILES string of the molecule is Oc1nc(-c2ccc(C(F)(F)F)cc2)cc2nc(C(F)(F)F)nn12. The van der Waals surface area contributed by atoms with Gasteiger partial charge in [-0.2, -0.15) is 35.8 Å². The van der Waals surface area contributed by atoms with Gasteiger partial charge in [0.05, 0.1) is 11.3 Å². The summed E-state index contributed by atoms with van der Waals surface area (Å²) in [7, 11) is 0. The molecule has 0 aliphatic carbocycles. The fourth-order valence-corrected chi connectivity index (χ4v) is 1.97. The molecule has 1 aromatic carbocycles. The lowest BCUT2D eigenvalue weighted by Crippen LogP contribution is -2.07. The molecule has 3 rings (SSSR count). The molecule has 0 saturated carbocycles. The lowest BCUT2D eigenvalue weighted by Gasteiger charge is -2.07. The number of fused-ring (bicyclic) bond motifs is 1. The van der Waals surface area contributed by atoms with Crippen molar-refractivity contribution in [2.75, 3.05) is 0 Å². The molecule has 2 heterocycles. The Bertz CT molecular complexity index is 898. The van der Waals surface area contributed by atoms with Gasteiger partial charge in [-0.05, 0) is 12.1 Å². The monoisotopic (exact) mass is 348 g/mol. The van der Waals surface area contributed by atoms with Gasteiger partial charge in [0.1, 0.15) is 0 Å². The summed E-state index contributed by atoms with van der Waals surface area (Å²) in [5, 5.41) is 12.8. The van der Waals surface area contributed by atoms with Crippen molar-refractivity contribution < 1.29 is 31.4 Å². The first-order chi connectivity index (χ1) is 11.1. The second-order valence-corrected chi connectivity index (χ2v) is 4.72. The first-order valence-corrected chi connectivity index (χ1v) is 6.27. The van der Waals surface area contributed by atoms with E-state index >= 15 is 0 Å². The van der Waals surface area contributed by atoms with Gasteiger partial charge in [-0.15, -0.1) is 5.10 Å². The molecule has 2 aromatic heterocycles. The minimum Gasteiger partial charge on any atom is -0.479 e. The lowest BCUT2D eigenvalue weighted by atomic mass is 10.1. The van der Waals surface area contributed by atoms with Gasteiger partial charge in [0.2, 0.25) is 0 Å². The largest absolute Gasteiger partial charge is 0.479 e. The van der Waals surface area contributed by atoms with Crippen LogP contribution in [0.25, 0.3) is 16.9 Å². The predicted octanol–water partition coefficient (Wildman–Crippen LogP) is 3.53. The molecule has 0 spiro atoms. The van der Waals surface area contributed by atoms with Crippen molar-refractivity contribution in [3.05, 3.63) is 41.7 Å². The molecule has 0 unspecified atom stereocenters. The Hall–Kier alpha value is -2.85. The Morgan fingerprint density at radius 1 is 0.875 bits per heavy atom. The maximum Gasteiger partial charge on any atom is 0.453 e. The number of hydrogen-bond acceptors (Lipinski definition) is 4. The highest BCUT2D eigenvalue weighted by Crippen LogP contribution is 2.32. The van der Waals surface area contributed by atoms with Gasteiger partial charge in [0, 0.05) is 11.6 Å². The predicted molar refractivity (Wildman–Crippen MR) is 67.9 cm³/mol. The highest BCUT2D eigenvalue weighted by atomic mass is 19.4. The number of aromatic hydroxyl groups is 1. The van der Waals surface area contributed by atoms with Gasteiger partial charge < -0.3 is 5.11 Å². The second-order valence-electron chi connectivity index (χ2n) is 4.72. The van der Waals surface area contributed by atoms with E-state index in [1.165, 1.54) is 0 Å². The minimum atomic E-state index is -4.81. The fourth-order valence-electron chi connectivity index (χ4n) is 1.97. The lowest BCUT2D eigenvalue weighted by molar-refractivity contribution is -0.144. The smallest absolute Gasteiger partial charge is 0.453 e. The molecule has 5 nitrogen and oxygen atoms in total. The third-order valence-electron chi connectivity index (χ3n) is 3.07. The third kappa shape index (κ3) is 2.84. The number of nitrogens with zero attached hydrogens (tertiary/aromatic N) is 4. The van der Waals surface area contributed by atoms with E-state index in [0.717, 1.165) is 30.3 Å². The normalized spacial score (nSPS) is 12.8. The van der Waals surface area contributed by atoms with E-state index in [2.05, 4.69) is 15.1 Å². The Balaban J connectivity index is 2.07. The van der Waals surface area contributed by atoms with Crippen molar-refractivity contribution in [3.8, 4) is 17.3 Å². The average molecular weight is 348 g/mol. The number of alkyl halides is 6. The maximum atomic E-state index is 12.6. The summed E-state index contributed by atoms with van der Waals surface area (Å²) < 4.78 is 75.8. The van der Waals surface area contributed by atoms with Crippen molar-refractivity contribution in [1.29, 1.82) is 0 Å².